The maximum atomic E-state index is 6.07. The molecule has 0 spiro atoms. The third kappa shape index (κ3) is 4.59. The van der Waals surface area contributed by atoms with E-state index in [2.05, 4.69) is 25.6 Å². The van der Waals surface area contributed by atoms with Gasteiger partial charge in [-0.25, -0.2) is 0 Å². The second kappa shape index (κ2) is 7.68. The monoisotopic (exact) mass is 373 g/mol. The van der Waals surface area contributed by atoms with Crippen molar-refractivity contribution >= 4 is 40.8 Å². The highest BCUT2D eigenvalue weighted by atomic mass is 35.5. The first-order chi connectivity index (χ1) is 12.0. The van der Waals surface area contributed by atoms with Gasteiger partial charge in [-0.15, -0.1) is 0 Å². The highest BCUT2D eigenvalue weighted by Crippen LogP contribution is 2.27. The molecule has 0 aliphatic heterocycles. The summed E-state index contributed by atoms with van der Waals surface area (Å²) in [7, 11) is 0. The quantitative estimate of drug-likeness (QED) is 0.625. The van der Waals surface area contributed by atoms with Gasteiger partial charge in [0, 0.05) is 17.3 Å². The fraction of sp³-hybridized carbons (Fsp3) is 0.167. The van der Waals surface area contributed by atoms with E-state index in [9.17, 15) is 0 Å². The van der Waals surface area contributed by atoms with Crippen molar-refractivity contribution < 1.29 is 0 Å². The van der Waals surface area contributed by atoms with Crippen LogP contribution < -0.4 is 10.6 Å². The lowest BCUT2D eigenvalue weighted by atomic mass is 10.2. The van der Waals surface area contributed by atoms with E-state index in [1.54, 1.807) is 12.1 Å². The molecule has 3 rings (SSSR count). The maximum Gasteiger partial charge on any atom is 0.232 e. The van der Waals surface area contributed by atoms with Gasteiger partial charge >= 0.3 is 0 Å². The zero-order valence-corrected chi connectivity index (χ0v) is 15.3. The van der Waals surface area contributed by atoms with Crippen LogP contribution in [0.3, 0.4) is 0 Å². The summed E-state index contributed by atoms with van der Waals surface area (Å²) in [5.41, 5.74) is 1.66. The summed E-state index contributed by atoms with van der Waals surface area (Å²) in [6.07, 6.45) is 0. The summed E-state index contributed by atoms with van der Waals surface area (Å²) in [6.45, 7) is 4.05. The van der Waals surface area contributed by atoms with E-state index >= 15 is 0 Å². The van der Waals surface area contributed by atoms with Crippen LogP contribution in [0.1, 0.15) is 13.8 Å². The predicted octanol–water partition coefficient (Wildman–Crippen LogP) is 5.41. The van der Waals surface area contributed by atoms with Gasteiger partial charge in [-0.05, 0) is 32.0 Å². The smallest absolute Gasteiger partial charge is 0.232 e. The molecule has 25 heavy (non-hydrogen) atoms. The van der Waals surface area contributed by atoms with Gasteiger partial charge in [0.15, 0.2) is 5.82 Å². The first-order valence-electron chi connectivity index (χ1n) is 7.81. The number of hydrogen-bond donors (Lipinski definition) is 2. The lowest BCUT2D eigenvalue weighted by molar-refractivity contribution is 0.869. The zero-order valence-electron chi connectivity index (χ0n) is 13.8. The summed E-state index contributed by atoms with van der Waals surface area (Å²) in [5.74, 6) is 1.52. The Kier molecular flexibility index (Phi) is 5.36. The van der Waals surface area contributed by atoms with Crippen LogP contribution in [0.15, 0.2) is 48.5 Å². The lowest BCUT2D eigenvalue weighted by Crippen LogP contribution is -2.14. The first kappa shape index (κ1) is 17.5. The zero-order chi connectivity index (χ0) is 17.8. The minimum absolute atomic E-state index is 0.198. The molecule has 0 aliphatic rings. The number of rotatable bonds is 5. The van der Waals surface area contributed by atoms with Crippen molar-refractivity contribution in [3.05, 3.63) is 58.6 Å². The summed E-state index contributed by atoms with van der Waals surface area (Å²) in [6, 6.07) is 15.2. The van der Waals surface area contributed by atoms with Gasteiger partial charge in [-0.2, -0.15) is 15.0 Å². The highest BCUT2D eigenvalue weighted by Gasteiger charge is 2.10. The molecule has 1 aromatic heterocycles. The highest BCUT2D eigenvalue weighted by molar-refractivity contribution is 6.42. The number of nitrogens with zero attached hydrogens (tertiary/aromatic N) is 3. The van der Waals surface area contributed by atoms with E-state index in [0.717, 1.165) is 11.3 Å². The molecule has 0 bridgehead atoms. The summed E-state index contributed by atoms with van der Waals surface area (Å²) < 4.78 is 0. The number of hydrogen-bond acceptors (Lipinski definition) is 5. The van der Waals surface area contributed by atoms with Crippen LogP contribution in [0.2, 0.25) is 10.0 Å². The molecular weight excluding hydrogens is 357 g/mol. The average Bonchev–Trinajstić information content (AvgIpc) is 2.58. The Hall–Kier alpha value is -2.37. The number of nitrogens with one attached hydrogen (secondary N) is 2. The van der Waals surface area contributed by atoms with Crippen molar-refractivity contribution in [3.63, 3.8) is 0 Å². The molecule has 0 aliphatic carbocycles. The fourth-order valence-corrected chi connectivity index (χ4v) is 2.47. The van der Waals surface area contributed by atoms with Crippen LogP contribution in [0.5, 0.6) is 0 Å². The molecule has 0 fully saturated rings. The van der Waals surface area contributed by atoms with Crippen molar-refractivity contribution in [1.82, 2.24) is 15.0 Å². The Balaban J connectivity index is 1.98. The molecule has 2 N–H and O–H groups in total. The van der Waals surface area contributed by atoms with E-state index < -0.39 is 0 Å². The lowest BCUT2D eigenvalue weighted by Gasteiger charge is -2.12. The molecule has 0 unspecified atom stereocenters. The molecule has 0 atom stereocenters. The summed E-state index contributed by atoms with van der Waals surface area (Å²) in [5, 5.41) is 7.32. The Morgan fingerprint density at radius 2 is 1.56 bits per heavy atom. The van der Waals surface area contributed by atoms with Gasteiger partial charge in [-0.1, -0.05) is 53.5 Å². The van der Waals surface area contributed by atoms with Gasteiger partial charge in [-0.3, -0.25) is 0 Å². The first-order valence-corrected chi connectivity index (χ1v) is 8.57. The predicted molar refractivity (Wildman–Crippen MR) is 104 cm³/mol. The van der Waals surface area contributed by atoms with Gasteiger partial charge in [0.25, 0.3) is 0 Å². The van der Waals surface area contributed by atoms with Crippen molar-refractivity contribution in [2.45, 2.75) is 19.9 Å². The number of benzene rings is 2. The maximum absolute atomic E-state index is 6.07. The summed E-state index contributed by atoms with van der Waals surface area (Å²) >= 11 is 12.0. The molecule has 5 nitrogen and oxygen atoms in total. The van der Waals surface area contributed by atoms with Crippen LogP contribution in [0.25, 0.3) is 11.4 Å². The molecule has 0 saturated heterocycles. The molecular formula is C18H17Cl2N5. The molecule has 7 heteroatoms. The summed E-state index contributed by atoms with van der Waals surface area (Å²) in [4.78, 5) is 13.4. The Morgan fingerprint density at radius 1 is 0.840 bits per heavy atom. The normalized spacial score (nSPS) is 10.8. The van der Waals surface area contributed by atoms with E-state index in [4.69, 9.17) is 23.2 Å². The van der Waals surface area contributed by atoms with Gasteiger partial charge < -0.3 is 10.6 Å². The van der Waals surface area contributed by atoms with E-state index in [0.29, 0.717) is 27.8 Å². The van der Waals surface area contributed by atoms with Crippen LogP contribution in [0.4, 0.5) is 17.6 Å². The number of anilines is 3. The third-order valence-electron chi connectivity index (χ3n) is 3.26. The molecule has 3 aromatic rings. The molecule has 1 heterocycles. The van der Waals surface area contributed by atoms with Crippen molar-refractivity contribution in [2.24, 2.45) is 0 Å². The second-order valence-corrected chi connectivity index (χ2v) is 6.54. The SMILES string of the molecule is CC(C)Nc1nc(Nc2ccc(Cl)c(Cl)c2)nc(-c2ccccc2)n1. The standard InChI is InChI=1S/C18H17Cl2N5/c1-11(2)21-17-23-16(12-6-4-3-5-7-12)24-18(25-17)22-13-8-9-14(19)15(20)10-13/h3-11H,1-2H3,(H2,21,22,23,24,25). The minimum atomic E-state index is 0.198. The van der Waals surface area contributed by atoms with E-state index in [-0.39, 0.29) is 6.04 Å². The molecule has 0 radical (unpaired) electrons. The topological polar surface area (TPSA) is 62.7 Å². The van der Waals surface area contributed by atoms with Crippen LogP contribution >= 0.6 is 23.2 Å². The van der Waals surface area contributed by atoms with Gasteiger partial charge in [0.05, 0.1) is 10.0 Å². The Bertz CT molecular complexity index is 869. The Labute approximate surface area is 156 Å². The van der Waals surface area contributed by atoms with Crippen molar-refractivity contribution in [3.8, 4) is 11.4 Å². The van der Waals surface area contributed by atoms with Gasteiger partial charge in [0.2, 0.25) is 11.9 Å². The molecule has 2 aromatic carbocycles. The second-order valence-electron chi connectivity index (χ2n) is 5.73. The number of aromatic nitrogens is 3. The van der Waals surface area contributed by atoms with Crippen LogP contribution in [0, 0.1) is 0 Å². The minimum Gasteiger partial charge on any atom is -0.352 e. The van der Waals surface area contributed by atoms with Crippen molar-refractivity contribution in [1.29, 1.82) is 0 Å². The van der Waals surface area contributed by atoms with E-state index in [1.807, 2.05) is 50.2 Å². The number of halogens is 2. The van der Waals surface area contributed by atoms with Crippen LogP contribution in [-0.2, 0) is 0 Å². The van der Waals surface area contributed by atoms with Crippen molar-refractivity contribution in [2.75, 3.05) is 10.6 Å². The largest absolute Gasteiger partial charge is 0.352 e. The fourth-order valence-electron chi connectivity index (χ4n) is 2.17. The third-order valence-corrected chi connectivity index (χ3v) is 4.00. The van der Waals surface area contributed by atoms with Gasteiger partial charge in [0.1, 0.15) is 0 Å². The molecule has 128 valence electrons. The Morgan fingerprint density at radius 3 is 2.24 bits per heavy atom. The van der Waals surface area contributed by atoms with Crippen LogP contribution in [-0.4, -0.2) is 21.0 Å². The van der Waals surface area contributed by atoms with E-state index in [1.165, 1.54) is 0 Å². The average molecular weight is 374 g/mol. The molecule has 0 amide bonds. The molecule has 0 saturated carbocycles.